The molecule has 0 aliphatic heterocycles. The fourth-order valence-electron chi connectivity index (χ4n) is 2.76. The van der Waals surface area contributed by atoms with E-state index in [1.807, 2.05) is 26.0 Å². The zero-order valence-corrected chi connectivity index (χ0v) is 18.0. The highest BCUT2D eigenvalue weighted by molar-refractivity contribution is 7.92. The van der Waals surface area contributed by atoms with Crippen molar-refractivity contribution in [1.82, 2.24) is 19.9 Å². The van der Waals surface area contributed by atoms with Crippen molar-refractivity contribution in [3.63, 3.8) is 0 Å². The van der Waals surface area contributed by atoms with Crippen molar-refractivity contribution in [2.75, 3.05) is 28.2 Å². The average Bonchev–Trinajstić information content (AvgIpc) is 2.66. The normalized spacial score (nSPS) is 11.1. The fourth-order valence-corrected chi connectivity index (χ4v) is 3.27. The van der Waals surface area contributed by atoms with E-state index >= 15 is 0 Å². The van der Waals surface area contributed by atoms with Crippen LogP contribution in [0.2, 0.25) is 0 Å². The summed E-state index contributed by atoms with van der Waals surface area (Å²) in [6, 6.07) is 8.87. The van der Waals surface area contributed by atoms with Crippen LogP contribution in [-0.2, 0) is 10.0 Å². The lowest BCUT2D eigenvalue weighted by molar-refractivity contribution is 0.600. The Labute approximate surface area is 176 Å². The zero-order valence-electron chi connectivity index (χ0n) is 17.2. The second-order valence-electron chi connectivity index (χ2n) is 6.69. The molecule has 0 radical (unpaired) electrons. The van der Waals surface area contributed by atoms with Gasteiger partial charge in [-0.05, 0) is 31.5 Å². The van der Waals surface area contributed by atoms with Crippen LogP contribution in [0.15, 0.2) is 43.2 Å². The molecule has 3 rings (SSSR count). The van der Waals surface area contributed by atoms with Crippen molar-refractivity contribution in [3.05, 3.63) is 60.3 Å². The number of nitrogens with one attached hydrogen (secondary N) is 2. The molecule has 0 bridgehead atoms. The Morgan fingerprint density at radius 3 is 2.33 bits per heavy atom. The van der Waals surface area contributed by atoms with E-state index in [0.29, 0.717) is 34.7 Å². The van der Waals surface area contributed by atoms with Gasteiger partial charge < -0.3 is 10.6 Å². The highest BCUT2D eigenvalue weighted by Crippen LogP contribution is 2.31. The molecule has 2 aromatic heterocycles. The van der Waals surface area contributed by atoms with E-state index in [4.69, 9.17) is 0 Å². The molecule has 0 saturated carbocycles. The van der Waals surface area contributed by atoms with E-state index in [1.54, 1.807) is 24.3 Å². The van der Waals surface area contributed by atoms with Gasteiger partial charge in [0.1, 0.15) is 29.6 Å². The van der Waals surface area contributed by atoms with Crippen molar-refractivity contribution in [1.29, 1.82) is 0 Å². The molecule has 10 heteroatoms. The van der Waals surface area contributed by atoms with Crippen LogP contribution in [0.4, 0.5) is 28.8 Å². The molecule has 0 unspecified atom stereocenters. The van der Waals surface area contributed by atoms with E-state index in [-0.39, 0.29) is 0 Å². The van der Waals surface area contributed by atoms with Gasteiger partial charge >= 0.3 is 0 Å². The summed E-state index contributed by atoms with van der Waals surface area (Å²) < 4.78 is 25.3. The van der Waals surface area contributed by atoms with Crippen molar-refractivity contribution in [3.8, 4) is 0 Å². The summed E-state index contributed by atoms with van der Waals surface area (Å²) in [6.45, 7) is 7.45. The number of sulfonamides is 1. The number of nitrogens with zero attached hydrogens (tertiary/aromatic N) is 5. The Hall–Kier alpha value is -3.53. The van der Waals surface area contributed by atoms with E-state index in [1.165, 1.54) is 17.7 Å². The molecule has 0 amide bonds. The van der Waals surface area contributed by atoms with Gasteiger partial charge in [0.2, 0.25) is 10.0 Å². The van der Waals surface area contributed by atoms with Crippen LogP contribution < -0.4 is 14.9 Å². The molecular formula is C20H23N7O2S. The minimum atomic E-state index is -3.45. The maximum atomic E-state index is 12.1. The Morgan fingerprint density at radius 2 is 1.70 bits per heavy atom. The van der Waals surface area contributed by atoms with E-state index in [2.05, 4.69) is 37.1 Å². The topological polar surface area (TPSA) is 113 Å². The standard InChI is InChI=1S/C20H23N7O2S/c1-6-15-7-8-16(17(10-15)27(4)30(5,28)29)25-18-11-19(22-12-21-18)26-20-9-13(2)23-14(3)24-20/h6-12H,1H2,2-5H3,(H2,21,22,23,24,25,26). The highest BCUT2D eigenvalue weighted by atomic mass is 32.2. The van der Waals surface area contributed by atoms with Crippen LogP contribution in [0.1, 0.15) is 17.1 Å². The first-order valence-electron chi connectivity index (χ1n) is 9.04. The summed E-state index contributed by atoms with van der Waals surface area (Å²) in [5.41, 5.74) is 2.69. The lowest BCUT2D eigenvalue weighted by Gasteiger charge is -2.21. The first-order chi connectivity index (χ1) is 14.2. The van der Waals surface area contributed by atoms with Crippen molar-refractivity contribution < 1.29 is 8.42 Å². The molecule has 0 atom stereocenters. The molecule has 2 N–H and O–H groups in total. The molecule has 156 valence electrons. The smallest absolute Gasteiger partial charge is 0.232 e. The van der Waals surface area contributed by atoms with Crippen LogP contribution in [-0.4, -0.2) is 41.7 Å². The Kier molecular flexibility index (Phi) is 5.97. The SMILES string of the molecule is C=Cc1ccc(Nc2cc(Nc3cc(C)nc(C)n3)ncn2)c(N(C)S(C)(=O)=O)c1. The molecule has 30 heavy (non-hydrogen) atoms. The predicted octanol–water partition coefficient (Wildman–Crippen LogP) is 3.41. The van der Waals surface area contributed by atoms with E-state index < -0.39 is 10.0 Å². The lowest BCUT2D eigenvalue weighted by atomic mass is 10.1. The number of anilines is 5. The third-order valence-corrected chi connectivity index (χ3v) is 5.44. The van der Waals surface area contributed by atoms with Gasteiger partial charge in [-0.25, -0.2) is 28.4 Å². The van der Waals surface area contributed by atoms with Gasteiger partial charge in [-0.15, -0.1) is 0 Å². The summed E-state index contributed by atoms with van der Waals surface area (Å²) >= 11 is 0. The number of benzene rings is 1. The molecule has 0 spiro atoms. The molecule has 0 aliphatic carbocycles. The van der Waals surface area contributed by atoms with Crippen molar-refractivity contribution in [2.24, 2.45) is 0 Å². The van der Waals surface area contributed by atoms with Crippen LogP contribution >= 0.6 is 0 Å². The predicted molar refractivity (Wildman–Crippen MR) is 120 cm³/mol. The van der Waals surface area contributed by atoms with Gasteiger partial charge in [0, 0.05) is 24.9 Å². The lowest BCUT2D eigenvalue weighted by Crippen LogP contribution is -2.25. The number of aromatic nitrogens is 4. The van der Waals surface area contributed by atoms with Gasteiger partial charge in [-0.1, -0.05) is 18.7 Å². The monoisotopic (exact) mass is 425 g/mol. The molecule has 1 aromatic carbocycles. The molecule has 2 heterocycles. The minimum absolute atomic E-state index is 0.477. The van der Waals surface area contributed by atoms with Gasteiger partial charge in [0.25, 0.3) is 0 Å². The quantitative estimate of drug-likeness (QED) is 0.592. The Balaban J connectivity index is 1.91. The second-order valence-corrected chi connectivity index (χ2v) is 8.71. The molecule has 0 saturated heterocycles. The van der Waals surface area contributed by atoms with Gasteiger partial charge in [-0.3, -0.25) is 4.31 Å². The molecule has 0 aliphatic rings. The van der Waals surface area contributed by atoms with Gasteiger partial charge in [-0.2, -0.15) is 0 Å². The van der Waals surface area contributed by atoms with E-state index in [9.17, 15) is 8.42 Å². The Bertz CT molecular complexity index is 1180. The van der Waals surface area contributed by atoms with Crippen LogP contribution in [0, 0.1) is 13.8 Å². The first-order valence-corrected chi connectivity index (χ1v) is 10.9. The third-order valence-electron chi connectivity index (χ3n) is 4.25. The Morgan fingerprint density at radius 1 is 1.00 bits per heavy atom. The summed E-state index contributed by atoms with van der Waals surface area (Å²) in [4.78, 5) is 17.0. The molecular weight excluding hydrogens is 402 g/mol. The zero-order chi connectivity index (χ0) is 21.9. The second kappa shape index (κ2) is 8.46. The average molecular weight is 426 g/mol. The highest BCUT2D eigenvalue weighted by Gasteiger charge is 2.17. The number of hydrogen-bond donors (Lipinski definition) is 2. The van der Waals surface area contributed by atoms with Crippen LogP contribution in [0.3, 0.4) is 0 Å². The van der Waals surface area contributed by atoms with Crippen LogP contribution in [0.25, 0.3) is 6.08 Å². The molecule has 9 nitrogen and oxygen atoms in total. The minimum Gasteiger partial charge on any atom is -0.338 e. The fraction of sp³-hybridized carbons (Fsp3) is 0.200. The molecule has 0 fully saturated rings. The first kappa shape index (κ1) is 21.2. The number of hydrogen-bond acceptors (Lipinski definition) is 8. The maximum absolute atomic E-state index is 12.1. The summed E-state index contributed by atoms with van der Waals surface area (Å²) in [7, 11) is -1.96. The maximum Gasteiger partial charge on any atom is 0.232 e. The van der Waals surface area contributed by atoms with Gasteiger partial charge in [0.15, 0.2) is 0 Å². The summed E-state index contributed by atoms with van der Waals surface area (Å²) in [6.07, 6.45) is 4.21. The van der Waals surface area contributed by atoms with Crippen molar-refractivity contribution >= 4 is 44.9 Å². The molecule has 3 aromatic rings. The number of rotatable bonds is 7. The van der Waals surface area contributed by atoms with Gasteiger partial charge in [0.05, 0.1) is 17.6 Å². The largest absolute Gasteiger partial charge is 0.338 e. The van der Waals surface area contributed by atoms with E-state index in [0.717, 1.165) is 17.5 Å². The van der Waals surface area contributed by atoms with Crippen molar-refractivity contribution in [2.45, 2.75) is 13.8 Å². The third kappa shape index (κ3) is 5.09. The number of aryl methyl sites for hydroxylation is 2. The summed E-state index contributed by atoms with van der Waals surface area (Å²) in [5, 5.41) is 6.29. The summed E-state index contributed by atoms with van der Waals surface area (Å²) in [5.74, 6) is 2.30. The van der Waals surface area contributed by atoms with Crippen LogP contribution in [0.5, 0.6) is 0 Å².